The van der Waals surface area contributed by atoms with Crippen molar-refractivity contribution in [1.29, 1.82) is 0 Å². The summed E-state index contributed by atoms with van der Waals surface area (Å²) in [6.45, 7) is 0.492. The SMILES string of the molecule is NCC(c1ccccc1)c1cc(-c2ccccc2)cc(Cl)n1. The summed E-state index contributed by atoms with van der Waals surface area (Å²) in [6, 6.07) is 24.3. The number of rotatable bonds is 4. The van der Waals surface area contributed by atoms with Crippen LogP contribution >= 0.6 is 11.6 Å². The smallest absolute Gasteiger partial charge is 0.129 e. The number of nitrogens with two attached hydrogens (primary N) is 1. The number of halogens is 1. The van der Waals surface area contributed by atoms with E-state index in [1.807, 2.05) is 42.5 Å². The van der Waals surface area contributed by atoms with Crippen molar-refractivity contribution in [1.82, 2.24) is 4.98 Å². The molecule has 0 aliphatic carbocycles. The van der Waals surface area contributed by atoms with Crippen LogP contribution in [0.4, 0.5) is 0 Å². The van der Waals surface area contributed by atoms with Crippen molar-refractivity contribution in [2.75, 3.05) is 6.54 Å². The van der Waals surface area contributed by atoms with E-state index in [-0.39, 0.29) is 5.92 Å². The Balaban J connectivity index is 2.05. The first-order valence-corrected chi connectivity index (χ1v) is 7.63. The van der Waals surface area contributed by atoms with Gasteiger partial charge >= 0.3 is 0 Å². The second kappa shape index (κ2) is 6.73. The van der Waals surface area contributed by atoms with Crippen LogP contribution in [0.15, 0.2) is 72.8 Å². The van der Waals surface area contributed by atoms with E-state index in [1.165, 1.54) is 0 Å². The van der Waals surface area contributed by atoms with Gasteiger partial charge in [0.1, 0.15) is 5.15 Å². The largest absolute Gasteiger partial charge is 0.329 e. The van der Waals surface area contributed by atoms with Crippen LogP contribution in [0.3, 0.4) is 0 Å². The summed E-state index contributed by atoms with van der Waals surface area (Å²) in [5, 5.41) is 0.491. The second-order valence-electron chi connectivity index (χ2n) is 5.17. The molecule has 2 N–H and O–H groups in total. The van der Waals surface area contributed by atoms with Gasteiger partial charge in [0.2, 0.25) is 0 Å². The first-order valence-electron chi connectivity index (χ1n) is 7.26. The minimum Gasteiger partial charge on any atom is -0.329 e. The van der Waals surface area contributed by atoms with E-state index in [2.05, 4.69) is 35.3 Å². The molecular weight excluding hydrogens is 292 g/mol. The molecule has 0 saturated heterocycles. The summed E-state index contributed by atoms with van der Waals surface area (Å²) in [6.07, 6.45) is 0. The Morgan fingerprint density at radius 2 is 1.50 bits per heavy atom. The van der Waals surface area contributed by atoms with Gasteiger partial charge in [-0.3, -0.25) is 0 Å². The van der Waals surface area contributed by atoms with Gasteiger partial charge in [-0.25, -0.2) is 4.98 Å². The molecule has 1 heterocycles. The van der Waals surface area contributed by atoms with Crippen molar-refractivity contribution in [3.8, 4) is 11.1 Å². The fourth-order valence-corrected chi connectivity index (χ4v) is 2.82. The minimum atomic E-state index is 0.0439. The van der Waals surface area contributed by atoms with Crippen LogP contribution in [0.1, 0.15) is 17.2 Å². The predicted molar refractivity (Wildman–Crippen MR) is 92.0 cm³/mol. The lowest BCUT2D eigenvalue weighted by molar-refractivity contribution is 0.788. The Hall–Kier alpha value is -2.16. The average Bonchev–Trinajstić information content (AvgIpc) is 2.57. The van der Waals surface area contributed by atoms with Crippen molar-refractivity contribution in [2.45, 2.75) is 5.92 Å². The molecule has 22 heavy (non-hydrogen) atoms. The third-order valence-corrected chi connectivity index (χ3v) is 3.91. The Morgan fingerprint density at radius 1 is 0.864 bits per heavy atom. The van der Waals surface area contributed by atoms with E-state index in [0.717, 1.165) is 22.4 Å². The molecule has 110 valence electrons. The van der Waals surface area contributed by atoms with Crippen LogP contribution in [0, 0.1) is 0 Å². The number of hydrogen-bond acceptors (Lipinski definition) is 2. The summed E-state index contributed by atoms with van der Waals surface area (Å²) in [4.78, 5) is 4.49. The van der Waals surface area contributed by atoms with E-state index in [1.54, 1.807) is 0 Å². The van der Waals surface area contributed by atoms with E-state index >= 15 is 0 Å². The molecule has 3 rings (SSSR count). The fraction of sp³-hybridized carbons (Fsp3) is 0.105. The zero-order valence-electron chi connectivity index (χ0n) is 12.1. The molecule has 2 nitrogen and oxygen atoms in total. The van der Waals surface area contributed by atoms with Gasteiger partial charge in [-0.2, -0.15) is 0 Å². The average molecular weight is 309 g/mol. The molecule has 0 aliphatic rings. The summed E-state index contributed by atoms with van der Waals surface area (Å²) in [5.41, 5.74) is 10.2. The van der Waals surface area contributed by atoms with Crippen LogP contribution in [0.5, 0.6) is 0 Å². The fourth-order valence-electron chi connectivity index (χ4n) is 2.61. The van der Waals surface area contributed by atoms with Crippen molar-refractivity contribution in [3.63, 3.8) is 0 Å². The highest BCUT2D eigenvalue weighted by Crippen LogP contribution is 2.28. The lowest BCUT2D eigenvalue weighted by Gasteiger charge is -2.16. The topological polar surface area (TPSA) is 38.9 Å². The van der Waals surface area contributed by atoms with Gasteiger partial charge in [0.25, 0.3) is 0 Å². The van der Waals surface area contributed by atoms with Crippen LogP contribution in [-0.2, 0) is 0 Å². The molecule has 1 atom stereocenters. The molecule has 1 aromatic heterocycles. The van der Waals surface area contributed by atoms with Gasteiger partial charge < -0.3 is 5.73 Å². The number of aromatic nitrogens is 1. The molecule has 3 heteroatoms. The van der Waals surface area contributed by atoms with Crippen LogP contribution in [0.2, 0.25) is 5.15 Å². The standard InChI is InChI=1S/C19H17ClN2/c20-19-12-16(14-7-3-1-4-8-14)11-18(22-19)17(13-21)15-9-5-2-6-10-15/h1-12,17H,13,21H2. The lowest BCUT2D eigenvalue weighted by Crippen LogP contribution is -2.15. The quantitative estimate of drug-likeness (QED) is 0.721. The lowest BCUT2D eigenvalue weighted by atomic mass is 9.93. The molecule has 0 radical (unpaired) electrons. The normalized spacial score (nSPS) is 12.1. The zero-order chi connectivity index (χ0) is 15.4. The first kappa shape index (κ1) is 14.8. The van der Waals surface area contributed by atoms with Crippen molar-refractivity contribution in [3.05, 3.63) is 89.2 Å². The second-order valence-corrected chi connectivity index (χ2v) is 5.56. The van der Waals surface area contributed by atoms with Crippen molar-refractivity contribution in [2.24, 2.45) is 5.73 Å². The number of benzene rings is 2. The summed E-state index contributed by atoms with van der Waals surface area (Å²) in [7, 11) is 0. The molecule has 1 unspecified atom stereocenters. The third kappa shape index (κ3) is 3.19. The van der Waals surface area contributed by atoms with Gasteiger partial charge in [0.15, 0.2) is 0 Å². The third-order valence-electron chi connectivity index (χ3n) is 3.72. The molecule has 0 fully saturated rings. The number of nitrogens with zero attached hydrogens (tertiary/aromatic N) is 1. The highest BCUT2D eigenvalue weighted by molar-refractivity contribution is 6.29. The highest BCUT2D eigenvalue weighted by atomic mass is 35.5. The van der Waals surface area contributed by atoms with Gasteiger partial charge in [0, 0.05) is 12.5 Å². The molecule has 0 bridgehead atoms. The maximum absolute atomic E-state index is 6.24. The predicted octanol–water partition coefficient (Wildman–Crippen LogP) is 4.49. The Kier molecular flexibility index (Phi) is 4.52. The van der Waals surface area contributed by atoms with E-state index in [9.17, 15) is 0 Å². The monoisotopic (exact) mass is 308 g/mol. The van der Waals surface area contributed by atoms with Gasteiger partial charge in [-0.05, 0) is 28.8 Å². The molecule has 3 aromatic rings. The van der Waals surface area contributed by atoms with Gasteiger partial charge in [0.05, 0.1) is 5.69 Å². The maximum atomic E-state index is 6.24. The Labute approximate surface area is 135 Å². The minimum absolute atomic E-state index is 0.0439. The zero-order valence-corrected chi connectivity index (χ0v) is 12.9. The molecule has 2 aromatic carbocycles. The summed E-state index contributed by atoms with van der Waals surface area (Å²) >= 11 is 6.24. The van der Waals surface area contributed by atoms with Gasteiger partial charge in [-0.1, -0.05) is 72.3 Å². The van der Waals surface area contributed by atoms with Crippen LogP contribution in [-0.4, -0.2) is 11.5 Å². The summed E-state index contributed by atoms with van der Waals surface area (Å²) < 4.78 is 0. The van der Waals surface area contributed by atoms with Gasteiger partial charge in [-0.15, -0.1) is 0 Å². The van der Waals surface area contributed by atoms with E-state index in [0.29, 0.717) is 11.7 Å². The van der Waals surface area contributed by atoms with Crippen LogP contribution in [0.25, 0.3) is 11.1 Å². The molecule has 0 amide bonds. The maximum Gasteiger partial charge on any atom is 0.129 e. The van der Waals surface area contributed by atoms with Crippen LogP contribution < -0.4 is 5.73 Å². The molecule has 0 saturated carbocycles. The molecule has 0 spiro atoms. The van der Waals surface area contributed by atoms with Crippen molar-refractivity contribution >= 4 is 11.6 Å². The first-order chi connectivity index (χ1) is 10.8. The van der Waals surface area contributed by atoms with E-state index in [4.69, 9.17) is 17.3 Å². The molecule has 0 aliphatic heterocycles. The highest BCUT2D eigenvalue weighted by Gasteiger charge is 2.15. The number of pyridine rings is 1. The van der Waals surface area contributed by atoms with E-state index < -0.39 is 0 Å². The Morgan fingerprint density at radius 3 is 2.14 bits per heavy atom. The Bertz CT molecular complexity index is 742. The molecular formula is C19H17ClN2. The summed E-state index contributed by atoms with van der Waals surface area (Å²) in [5.74, 6) is 0.0439. The number of hydrogen-bond donors (Lipinski definition) is 1. The van der Waals surface area contributed by atoms with Crippen molar-refractivity contribution < 1.29 is 0 Å².